The van der Waals surface area contributed by atoms with Gasteiger partial charge in [0.05, 0.1) is 15.6 Å². The Bertz CT molecular complexity index is 983. The second-order valence-corrected chi connectivity index (χ2v) is 10.1. The summed E-state index contributed by atoms with van der Waals surface area (Å²) in [5.74, 6) is 1.16. The van der Waals surface area contributed by atoms with E-state index >= 15 is 0 Å². The molecule has 1 heterocycles. The molecule has 148 valence electrons. The van der Waals surface area contributed by atoms with Crippen LogP contribution >= 0.6 is 11.3 Å². The van der Waals surface area contributed by atoms with Crippen molar-refractivity contribution in [2.24, 2.45) is 28.2 Å². The van der Waals surface area contributed by atoms with Crippen LogP contribution in [0.25, 0.3) is 10.2 Å². The van der Waals surface area contributed by atoms with Crippen LogP contribution in [0.2, 0.25) is 0 Å². The lowest BCUT2D eigenvalue weighted by atomic mass is 9.49. The van der Waals surface area contributed by atoms with E-state index in [9.17, 15) is 14.7 Å². The Morgan fingerprint density at radius 3 is 2.36 bits per heavy atom. The van der Waals surface area contributed by atoms with Crippen LogP contribution in [0.4, 0.5) is 0 Å². The molecule has 5 nitrogen and oxygen atoms in total. The van der Waals surface area contributed by atoms with Crippen LogP contribution in [0.3, 0.4) is 0 Å². The summed E-state index contributed by atoms with van der Waals surface area (Å²) in [6, 6.07) is 7.03. The number of aliphatic carboxylic acids is 1. The van der Waals surface area contributed by atoms with E-state index in [4.69, 9.17) is 0 Å². The zero-order valence-corrected chi connectivity index (χ0v) is 17.0. The molecule has 1 atom stereocenters. The topological polar surface area (TPSA) is 71.7 Å². The molecule has 0 radical (unpaired) electrons. The fourth-order valence-corrected chi connectivity index (χ4v) is 7.48. The quantitative estimate of drug-likeness (QED) is 0.831. The van der Waals surface area contributed by atoms with Gasteiger partial charge in [-0.05, 0) is 74.8 Å². The Kier molecular flexibility index (Phi) is 4.23. The number of nitrogens with zero attached hydrogens (tertiary/aromatic N) is 2. The first kappa shape index (κ1) is 18.1. The number of carboxylic acid groups (broad SMARTS) is 1. The largest absolute Gasteiger partial charge is 0.480 e. The second kappa shape index (κ2) is 6.55. The molecule has 4 aliphatic carbocycles. The van der Waals surface area contributed by atoms with Crippen LogP contribution in [0, 0.1) is 23.2 Å². The summed E-state index contributed by atoms with van der Waals surface area (Å²) in [6.45, 7) is 1.86. The van der Waals surface area contributed by atoms with Crippen molar-refractivity contribution in [2.75, 3.05) is 0 Å². The van der Waals surface area contributed by atoms with Gasteiger partial charge in [-0.1, -0.05) is 30.4 Å². The number of carbonyl (C=O) groups is 2. The van der Waals surface area contributed by atoms with Crippen molar-refractivity contribution in [2.45, 2.75) is 57.9 Å². The van der Waals surface area contributed by atoms with E-state index in [1.54, 1.807) is 4.57 Å². The van der Waals surface area contributed by atoms with Gasteiger partial charge in [-0.15, -0.1) is 0 Å². The van der Waals surface area contributed by atoms with Gasteiger partial charge < -0.3 is 9.67 Å². The summed E-state index contributed by atoms with van der Waals surface area (Å²) in [6.07, 6.45) is 7.23. The van der Waals surface area contributed by atoms with Crippen molar-refractivity contribution >= 4 is 33.4 Å². The van der Waals surface area contributed by atoms with E-state index in [0.29, 0.717) is 29.0 Å². The third kappa shape index (κ3) is 2.76. The van der Waals surface area contributed by atoms with Crippen molar-refractivity contribution in [3.63, 3.8) is 0 Å². The third-order valence-electron chi connectivity index (χ3n) is 7.20. The zero-order chi connectivity index (χ0) is 19.5. The summed E-state index contributed by atoms with van der Waals surface area (Å²) in [4.78, 5) is 30.5. The molecule has 4 fully saturated rings. The number of amides is 1. The van der Waals surface area contributed by atoms with E-state index in [1.807, 2.05) is 31.2 Å². The van der Waals surface area contributed by atoms with E-state index in [2.05, 4.69) is 4.99 Å². The van der Waals surface area contributed by atoms with Crippen LogP contribution in [0.15, 0.2) is 29.3 Å². The number of hydrogen-bond acceptors (Lipinski definition) is 3. The van der Waals surface area contributed by atoms with Gasteiger partial charge in [0.15, 0.2) is 4.80 Å². The van der Waals surface area contributed by atoms with Crippen molar-refractivity contribution in [1.82, 2.24) is 4.57 Å². The lowest BCUT2D eigenvalue weighted by Gasteiger charge is -2.55. The Labute approximate surface area is 168 Å². The molecule has 4 aliphatic rings. The number of fused-ring (bicyclic) bond motifs is 1. The SMILES string of the molecule is CCC(C(=O)O)n1c(=NC(=O)C23CC4CC(CC(C4)C2)C3)sc2ccccc21. The van der Waals surface area contributed by atoms with Crippen LogP contribution in [0.1, 0.15) is 57.9 Å². The standard InChI is InChI=1S/C22H26N2O3S/c1-2-16(19(25)26)24-17-5-3-4-6-18(17)28-21(24)23-20(27)22-10-13-7-14(11-22)9-15(8-13)12-22/h3-6,13-16H,2,7-12H2,1H3,(H,25,26). The Balaban J connectivity index is 1.62. The Morgan fingerprint density at radius 1 is 1.18 bits per heavy atom. The first-order valence-electron chi connectivity index (χ1n) is 10.4. The molecule has 1 N–H and O–H groups in total. The fourth-order valence-electron chi connectivity index (χ4n) is 6.42. The van der Waals surface area contributed by atoms with Crippen LogP contribution in [0.5, 0.6) is 0 Å². The van der Waals surface area contributed by atoms with E-state index < -0.39 is 12.0 Å². The number of thiazole rings is 1. The highest BCUT2D eigenvalue weighted by atomic mass is 32.1. The number of carboxylic acids is 1. The highest BCUT2D eigenvalue weighted by molar-refractivity contribution is 7.16. The molecular weight excluding hydrogens is 372 g/mol. The zero-order valence-electron chi connectivity index (χ0n) is 16.1. The molecule has 4 saturated carbocycles. The Hall–Kier alpha value is -1.95. The predicted octanol–water partition coefficient (Wildman–Crippen LogP) is 4.38. The summed E-state index contributed by atoms with van der Waals surface area (Å²) in [5, 5.41) is 9.75. The number of rotatable bonds is 4. The molecule has 6 rings (SSSR count). The maximum Gasteiger partial charge on any atom is 0.326 e. The minimum atomic E-state index is -0.880. The van der Waals surface area contributed by atoms with Gasteiger partial charge >= 0.3 is 5.97 Å². The van der Waals surface area contributed by atoms with Crippen molar-refractivity contribution in [3.8, 4) is 0 Å². The van der Waals surface area contributed by atoms with E-state index in [0.717, 1.165) is 29.5 Å². The molecule has 0 spiro atoms. The third-order valence-corrected chi connectivity index (χ3v) is 8.24. The molecule has 6 heteroatoms. The molecule has 1 aromatic heterocycles. The normalized spacial score (nSPS) is 32.8. The molecular formula is C22H26N2O3S. The Morgan fingerprint density at radius 2 is 1.79 bits per heavy atom. The molecule has 4 bridgehead atoms. The maximum absolute atomic E-state index is 13.5. The first-order valence-corrected chi connectivity index (χ1v) is 11.2. The minimum absolute atomic E-state index is 0.00727. The highest BCUT2D eigenvalue weighted by Gasteiger charge is 2.54. The highest BCUT2D eigenvalue weighted by Crippen LogP contribution is 2.60. The van der Waals surface area contributed by atoms with Gasteiger partial charge in [0.1, 0.15) is 6.04 Å². The monoisotopic (exact) mass is 398 g/mol. The molecule has 28 heavy (non-hydrogen) atoms. The van der Waals surface area contributed by atoms with Gasteiger partial charge in [0.25, 0.3) is 5.91 Å². The lowest BCUT2D eigenvalue weighted by molar-refractivity contribution is -0.143. The molecule has 0 aliphatic heterocycles. The van der Waals surface area contributed by atoms with Crippen LogP contribution in [-0.2, 0) is 9.59 Å². The van der Waals surface area contributed by atoms with Crippen molar-refractivity contribution in [1.29, 1.82) is 0 Å². The number of benzene rings is 1. The van der Waals surface area contributed by atoms with Gasteiger partial charge in [-0.2, -0.15) is 4.99 Å². The average molecular weight is 399 g/mol. The minimum Gasteiger partial charge on any atom is -0.480 e. The lowest BCUT2D eigenvalue weighted by Crippen LogP contribution is -2.50. The predicted molar refractivity (Wildman–Crippen MR) is 108 cm³/mol. The van der Waals surface area contributed by atoms with Crippen molar-refractivity contribution in [3.05, 3.63) is 29.1 Å². The van der Waals surface area contributed by atoms with E-state index in [1.165, 1.54) is 30.6 Å². The summed E-state index contributed by atoms with van der Waals surface area (Å²) < 4.78 is 2.74. The second-order valence-electron chi connectivity index (χ2n) is 9.10. The fraction of sp³-hybridized carbons (Fsp3) is 0.591. The number of hydrogen-bond donors (Lipinski definition) is 1. The summed E-state index contributed by atoms with van der Waals surface area (Å²) >= 11 is 1.43. The molecule has 1 amide bonds. The number of para-hydroxylation sites is 1. The van der Waals surface area contributed by atoms with Gasteiger partial charge in [0.2, 0.25) is 0 Å². The number of carbonyl (C=O) groups excluding carboxylic acids is 1. The van der Waals surface area contributed by atoms with Crippen LogP contribution < -0.4 is 4.80 Å². The summed E-state index contributed by atoms with van der Waals surface area (Å²) in [5.41, 5.74) is 0.548. The maximum atomic E-state index is 13.5. The van der Waals surface area contributed by atoms with Crippen molar-refractivity contribution < 1.29 is 14.7 Å². The van der Waals surface area contributed by atoms with Gasteiger partial charge in [-0.25, -0.2) is 4.79 Å². The van der Waals surface area contributed by atoms with E-state index in [-0.39, 0.29) is 11.3 Å². The van der Waals surface area contributed by atoms with Gasteiger partial charge in [-0.3, -0.25) is 4.79 Å². The summed E-state index contributed by atoms with van der Waals surface area (Å²) in [7, 11) is 0. The molecule has 1 unspecified atom stereocenters. The smallest absolute Gasteiger partial charge is 0.326 e. The molecule has 2 aromatic rings. The first-order chi connectivity index (χ1) is 13.5. The number of aromatic nitrogens is 1. The van der Waals surface area contributed by atoms with Crippen LogP contribution in [-0.4, -0.2) is 21.6 Å². The molecule has 0 saturated heterocycles. The molecule has 1 aromatic carbocycles. The van der Waals surface area contributed by atoms with Gasteiger partial charge in [0, 0.05) is 0 Å². The average Bonchev–Trinajstić information content (AvgIpc) is 2.99.